The second kappa shape index (κ2) is 8.67. The Labute approximate surface area is 123 Å². The summed E-state index contributed by atoms with van der Waals surface area (Å²) in [7, 11) is 1.61. The van der Waals surface area contributed by atoms with E-state index in [-0.39, 0.29) is 16.9 Å². The van der Waals surface area contributed by atoms with E-state index < -0.39 is 11.2 Å². The smallest absolute Gasteiger partial charge is 0.328 e. The fourth-order valence-electron chi connectivity index (χ4n) is 1.40. The van der Waals surface area contributed by atoms with Crippen LogP contribution in [0.2, 0.25) is 0 Å². The standard InChI is InChI=1S/C11H17BrN4O4/c1-20-5-4-13-2-3-14-9(17)7-16-6-8(12)10(18)15-11(16)19/h6,13H,2-5,7H2,1H3,(H,14,17)(H,15,18,19). The van der Waals surface area contributed by atoms with E-state index in [1.54, 1.807) is 7.11 Å². The average molecular weight is 349 g/mol. The van der Waals surface area contributed by atoms with Crippen LogP contribution in [0.3, 0.4) is 0 Å². The molecule has 112 valence electrons. The Morgan fingerprint density at radius 2 is 2.15 bits per heavy atom. The lowest BCUT2D eigenvalue weighted by Crippen LogP contribution is -2.38. The molecule has 1 amide bonds. The van der Waals surface area contributed by atoms with Crippen molar-refractivity contribution in [2.24, 2.45) is 0 Å². The van der Waals surface area contributed by atoms with Crippen LogP contribution in [-0.4, -0.2) is 48.8 Å². The molecule has 0 aromatic carbocycles. The molecule has 9 heteroatoms. The van der Waals surface area contributed by atoms with Crippen LogP contribution in [-0.2, 0) is 16.1 Å². The molecule has 0 aliphatic carbocycles. The normalized spacial score (nSPS) is 10.5. The highest BCUT2D eigenvalue weighted by molar-refractivity contribution is 9.10. The van der Waals surface area contributed by atoms with Crippen molar-refractivity contribution in [1.29, 1.82) is 0 Å². The molecular weight excluding hydrogens is 332 g/mol. The number of hydrogen-bond acceptors (Lipinski definition) is 5. The SMILES string of the molecule is COCCNCCNC(=O)Cn1cc(Br)c(=O)[nH]c1=O. The van der Waals surface area contributed by atoms with E-state index in [9.17, 15) is 14.4 Å². The number of halogens is 1. The molecule has 20 heavy (non-hydrogen) atoms. The first-order valence-electron chi connectivity index (χ1n) is 6.00. The summed E-state index contributed by atoms with van der Waals surface area (Å²) < 4.78 is 6.19. The van der Waals surface area contributed by atoms with Crippen molar-refractivity contribution in [3.63, 3.8) is 0 Å². The summed E-state index contributed by atoms with van der Waals surface area (Å²) in [6.45, 7) is 2.22. The van der Waals surface area contributed by atoms with Crippen LogP contribution in [0.4, 0.5) is 0 Å². The Bertz CT molecular complexity index is 554. The van der Waals surface area contributed by atoms with Gasteiger partial charge in [0.15, 0.2) is 0 Å². The zero-order valence-corrected chi connectivity index (χ0v) is 12.7. The van der Waals surface area contributed by atoms with Crippen LogP contribution in [0, 0.1) is 0 Å². The summed E-state index contributed by atoms with van der Waals surface area (Å²) in [5.41, 5.74) is -1.14. The third kappa shape index (κ3) is 5.68. The predicted molar refractivity (Wildman–Crippen MR) is 76.8 cm³/mol. The van der Waals surface area contributed by atoms with Crippen LogP contribution in [0.5, 0.6) is 0 Å². The van der Waals surface area contributed by atoms with E-state index in [1.165, 1.54) is 6.20 Å². The summed E-state index contributed by atoms with van der Waals surface area (Å²) in [6, 6.07) is 0. The summed E-state index contributed by atoms with van der Waals surface area (Å²) in [6.07, 6.45) is 1.29. The van der Waals surface area contributed by atoms with Crippen molar-refractivity contribution < 1.29 is 9.53 Å². The second-order valence-corrected chi connectivity index (χ2v) is 4.81. The fourth-order valence-corrected chi connectivity index (χ4v) is 1.75. The highest BCUT2D eigenvalue weighted by Gasteiger charge is 2.06. The topological polar surface area (TPSA) is 105 Å². The van der Waals surface area contributed by atoms with Gasteiger partial charge in [-0.25, -0.2) is 4.79 Å². The third-order valence-electron chi connectivity index (χ3n) is 2.39. The number of rotatable bonds is 8. The molecule has 1 rings (SSSR count). The van der Waals surface area contributed by atoms with Gasteiger partial charge in [0.1, 0.15) is 6.54 Å². The minimum Gasteiger partial charge on any atom is -0.383 e. The molecule has 0 radical (unpaired) electrons. The van der Waals surface area contributed by atoms with E-state index in [0.717, 1.165) is 4.57 Å². The lowest BCUT2D eigenvalue weighted by molar-refractivity contribution is -0.121. The van der Waals surface area contributed by atoms with E-state index in [0.29, 0.717) is 26.2 Å². The van der Waals surface area contributed by atoms with Crippen molar-refractivity contribution in [3.8, 4) is 0 Å². The summed E-state index contributed by atoms with van der Waals surface area (Å²) in [5.74, 6) is -0.306. The van der Waals surface area contributed by atoms with Crippen molar-refractivity contribution >= 4 is 21.8 Å². The zero-order valence-electron chi connectivity index (χ0n) is 11.1. The van der Waals surface area contributed by atoms with Gasteiger partial charge in [0, 0.05) is 32.9 Å². The van der Waals surface area contributed by atoms with Crippen LogP contribution >= 0.6 is 15.9 Å². The highest BCUT2D eigenvalue weighted by atomic mass is 79.9. The van der Waals surface area contributed by atoms with Crippen LogP contribution in [0.15, 0.2) is 20.3 Å². The molecule has 0 saturated carbocycles. The maximum absolute atomic E-state index is 11.6. The first-order chi connectivity index (χ1) is 9.54. The van der Waals surface area contributed by atoms with Crippen molar-refractivity contribution in [2.45, 2.75) is 6.54 Å². The lowest BCUT2D eigenvalue weighted by atomic mass is 10.5. The summed E-state index contributed by atoms with van der Waals surface area (Å²) in [4.78, 5) is 36.3. The monoisotopic (exact) mass is 348 g/mol. The van der Waals surface area contributed by atoms with Gasteiger partial charge in [-0.1, -0.05) is 0 Å². The molecule has 1 heterocycles. The molecule has 1 aromatic rings. The van der Waals surface area contributed by atoms with Crippen LogP contribution < -0.4 is 21.9 Å². The molecule has 0 fully saturated rings. The van der Waals surface area contributed by atoms with Gasteiger partial charge in [-0.2, -0.15) is 0 Å². The molecule has 3 N–H and O–H groups in total. The molecule has 0 aliphatic rings. The molecule has 8 nitrogen and oxygen atoms in total. The molecule has 1 aromatic heterocycles. The molecule has 0 spiro atoms. The van der Waals surface area contributed by atoms with Gasteiger partial charge in [0.2, 0.25) is 5.91 Å². The molecule has 0 unspecified atom stereocenters. The largest absolute Gasteiger partial charge is 0.383 e. The van der Waals surface area contributed by atoms with Gasteiger partial charge in [-0.3, -0.25) is 19.1 Å². The fraction of sp³-hybridized carbons (Fsp3) is 0.545. The van der Waals surface area contributed by atoms with Gasteiger partial charge in [-0.15, -0.1) is 0 Å². The number of H-pyrrole nitrogens is 1. The molecule has 0 atom stereocenters. The summed E-state index contributed by atoms with van der Waals surface area (Å²) in [5, 5.41) is 5.73. The average Bonchev–Trinajstić information content (AvgIpc) is 2.40. The van der Waals surface area contributed by atoms with Gasteiger partial charge in [-0.05, 0) is 15.9 Å². The van der Waals surface area contributed by atoms with Gasteiger partial charge in [0.05, 0.1) is 11.1 Å². The Morgan fingerprint density at radius 3 is 2.85 bits per heavy atom. The van der Waals surface area contributed by atoms with Crippen molar-refractivity contribution in [3.05, 3.63) is 31.5 Å². The minimum absolute atomic E-state index is 0.147. The quantitative estimate of drug-likeness (QED) is 0.504. The molecule has 0 aliphatic heterocycles. The minimum atomic E-state index is -0.619. The Balaban J connectivity index is 2.38. The Hall–Kier alpha value is -1.45. The number of nitrogens with zero attached hydrogens (tertiary/aromatic N) is 1. The first kappa shape index (κ1) is 16.6. The molecule has 0 saturated heterocycles. The van der Waals surface area contributed by atoms with Gasteiger partial charge < -0.3 is 15.4 Å². The Kier molecular flexibility index (Phi) is 7.20. The zero-order chi connectivity index (χ0) is 15.0. The lowest BCUT2D eigenvalue weighted by Gasteiger charge is -2.08. The number of carbonyl (C=O) groups excluding carboxylic acids is 1. The number of nitrogens with one attached hydrogen (secondary N) is 3. The van der Waals surface area contributed by atoms with Crippen molar-refractivity contribution in [1.82, 2.24) is 20.2 Å². The second-order valence-electron chi connectivity index (χ2n) is 3.96. The summed E-state index contributed by atoms with van der Waals surface area (Å²) >= 11 is 3.00. The number of methoxy groups -OCH3 is 1. The highest BCUT2D eigenvalue weighted by Crippen LogP contribution is 1.97. The number of carbonyl (C=O) groups is 1. The third-order valence-corrected chi connectivity index (χ3v) is 2.95. The number of ether oxygens (including phenoxy) is 1. The Morgan fingerprint density at radius 1 is 1.40 bits per heavy atom. The molecule has 0 bridgehead atoms. The van der Waals surface area contributed by atoms with Crippen LogP contribution in [0.25, 0.3) is 0 Å². The number of amides is 1. The van der Waals surface area contributed by atoms with E-state index in [1.807, 2.05) is 0 Å². The van der Waals surface area contributed by atoms with E-state index >= 15 is 0 Å². The predicted octanol–water partition coefficient (Wildman–Crippen LogP) is -1.35. The van der Waals surface area contributed by atoms with Gasteiger partial charge in [0.25, 0.3) is 5.56 Å². The number of hydrogen-bond donors (Lipinski definition) is 3. The van der Waals surface area contributed by atoms with Gasteiger partial charge >= 0.3 is 5.69 Å². The number of aromatic nitrogens is 2. The van der Waals surface area contributed by atoms with Crippen LogP contribution in [0.1, 0.15) is 0 Å². The number of aromatic amines is 1. The maximum Gasteiger partial charge on any atom is 0.328 e. The molecular formula is C11H17BrN4O4. The first-order valence-corrected chi connectivity index (χ1v) is 6.79. The maximum atomic E-state index is 11.6. The van der Waals surface area contributed by atoms with E-state index in [2.05, 4.69) is 31.5 Å². The van der Waals surface area contributed by atoms with Crippen molar-refractivity contribution in [2.75, 3.05) is 33.4 Å². The van der Waals surface area contributed by atoms with E-state index in [4.69, 9.17) is 4.74 Å².